The fourth-order valence-corrected chi connectivity index (χ4v) is 2.80. The van der Waals surface area contributed by atoms with Gasteiger partial charge in [0.2, 0.25) is 5.91 Å². The highest BCUT2D eigenvalue weighted by atomic mass is 35.5. The zero-order valence-corrected chi connectivity index (χ0v) is 13.8. The first-order valence-electron chi connectivity index (χ1n) is 7.75. The minimum absolute atomic E-state index is 0.121. The smallest absolute Gasteiger partial charge is 0.239 e. The third-order valence-corrected chi connectivity index (χ3v) is 4.15. The number of para-hydroxylation sites is 1. The Morgan fingerprint density at radius 2 is 1.92 bits per heavy atom. The number of aromatic nitrogens is 1. The molecule has 2 heterocycles. The zero-order chi connectivity index (χ0) is 16.9. The molecule has 1 N–H and O–H groups in total. The summed E-state index contributed by atoms with van der Waals surface area (Å²) in [6.45, 7) is 3.07. The highest BCUT2D eigenvalue weighted by molar-refractivity contribution is 6.30. The van der Waals surface area contributed by atoms with Crippen molar-refractivity contribution in [3.8, 4) is 0 Å². The van der Waals surface area contributed by atoms with E-state index in [4.69, 9.17) is 11.6 Å². The van der Waals surface area contributed by atoms with Crippen LogP contribution < -0.4 is 10.2 Å². The van der Waals surface area contributed by atoms with Crippen LogP contribution in [0.2, 0.25) is 5.02 Å². The van der Waals surface area contributed by atoms with Crippen molar-refractivity contribution in [3.05, 3.63) is 53.4 Å². The molecule has 126 valence electrons. The van der Waals surface area contributed by atoms with Crippen molar-refractivity contribution in [1.82, 2.24) is 9.88 Å². The molecule has 0 radical (unpaired) electrons. The summed E-state index contributed by atoms with van der Waals surface area (Å²) >= 11 is 5.76. The fourth-order valence-electron chi connectivity index (χ4n) is 2.69. The number of rotatable bonds is 4. The average molecular weight is 349 g/mol. The summed E-state index contributed by atoms with van der Waals surface area (Å²) in [5, 5.41) is 3.27. The highest BCUT2D eigenvalue weighted by Gasteiger charge is 2.20. The van der Waals surface area contributed by atoms with Crippen molar-refractivity contribution in [2.75, 3.05) is 42.9 Å². The van der Waals surface area contributed by atoms with E-state index in [-0.39, 0.29) is 18.3 Å². The lowest BCUT2D eigenvalue weighted by Crippen LogP contribution is -2.48. The topological polar surface area (TPSA) is 48.5 Å². The van der Waals surface area contributed by atoms with Crippen LogP contribution >= 0.6 is 11.6 Å². The maximum absolute atomic E-state index is 13.8. The molecule has 0 atom stereocenters. The number of nitrogens with zero attached hydrogens (tertiary/aromatic N) is 3. The maximum Gasteiger partial charge on any atom is 0.239 e. The van der Waals surface area contributed by atoms with Gasteiger partial charge in [-0.15, -0.1) is 0 Å². The van der Waals surface area contributed by atoms with E-state index in [1.165, 1.54) is 12.3 Å². The molecule has 0 bridgehead atoms. The molecule has 1 aliphatic heterocycles. The molecule has 1 aliphatic rings. The van der Waals surface area contributed by atoms with Gasteiger partial charge >= 0.3 is 0 Å². The Bertz CT molecular complexity index is 702. The Morgan fingerprint density at radius 3 is 2.58 bits per heavy atom. The zero-order valence-electron chi connectivity index (χ0n) is 13.1. The van der Waals surface area contributed by atoms with Gasteiger partial charge in [-0.05, 0) is 24.3 Å². The van der Waals surface area contributed by atoms with Gasteiger partial charge in [0.15, 0.2) is 0 Å². The minimum atomic E-state index is -0.211. The van der Waals surface area contributed by atoms with Crippen molar-refractivity contribution < 1.29 is 9.18 Å². The average Bonchev–Trinajstić information content (AvgIpc) is 2.58. The third-order valence-electron chi connectivity index (χ3n) is 3.93. The van der Waals surface area contributed by atoms with Crippen molar-refractivity contribution >= 4 is 29.0 Å². The van der Waals surface area contributed by atoms with E-state index in [0.717, 1.165) is 0 Å². The lowest BCUT2D eigenvalue weighted by Gasteiger charge is -2.35. The first-order chi connectivity index (χ1) is 11.6. The van der Waals surface area contributed by atoms with Gasteiger partial charge < -0.3 is 10.2 Å². The number of hydrogen-bond donors (Lipinski definition) is 1. The summed E-state index contributed by atoms with van der Waals surface area (Å²) in [7, 11) is 0. The van der Waals surface area contributed by atoms with Crippen LogP contribution in [0.3, 0.4) is 0 Å². The number of pyridine rings is 1. The summed E-state index contributed by atoms with van der Waals surface area (Å²) in [6.07, 6.45) is 1.49. The molecule has 5 nitrogen and oxygen atoms in total. The number of anilines is 2. The number of carbonyl (C=O) groups excluding carboxylic acids is 1. The van der Waals surface area contributed by atoms with Crippen molar-refractivity contribution in [3.63, 3.8) is 0 Å². The van der Waals surface area contributed by atoms with Crippen molar-refractivity contribution in [2.24, 2.45) is 0 Å². The molecule has 0 unspecified atom stereocenters. The Balaban J connectivity index is 1.49. The highest BCUT2D eigenvalue weighted by Crippen LogP contribution is 2.20. The van der Waals surface area contributed by atoms with E-state index in [2.05, 4.69) is 10.3 Å². The normalized spacial score (nSPS) is 15.3. The van der Waals surface area contributed by atoms with Crippen LogP contribution in [0.5, 0.6) is 0 Å². The summed E-state index contributed by atoms with van der Waals surface area (Å²) in [6, 6.07) is 10.1. The van der Waals surface area contributed by atoms with Gasteiger partial charge in [-0.25, -0.2) is 9.37 Å². The number of hydrogen-bond acceptors (Lipinski definition) is 4. The molecule has 0 aliphatic carbocycles. The van der Waals surface area contributed by atoms with Crippen LogP contribution in [-0.2, 0) is 4.79 Å². The second-order valence-corrected chi connectivity index (χ2v) is 6.06. The van der Waals surface area contributed by atoms with Gasteiger partial charge in [-0.2, -0.15) is 0 Å². The fraction of sp³-hybridized carbons (Fsp3) is 0.294. The van der Waals surface area contributed by atoms with Crippen LogP contribution in [0.1, 0.15) is 0 Å². The number of benzene rings is 1. The van der Waals surface area contributed by atoms with Crippen LogP contribution in [-0.4, -0.2) is 48.5 Å². The number of nitrogens with one attached hydrogen (secondary N) is 1. The molecular formula is C17H18ClFN4O. The van der Waals surface area contributed by atoms with Gasteiger partial charge in [0.1, 0.15) is 11.6 Å². The summed E-state index contributed by atoms with van der Waals surface area (Å²) in [5.41, 5.74) is 0.618. The van der Waals surface area contributed by atoms with Gasteiger partial charge in [-0.3, -0.25) is 9.69 Å². The minimum Gasteiger partial charge on any atom is -0.367 e. The number of carbonyl (C=O) groups is 1. The lowest BCUT2D eigenvalue weighted by molar-refractivity contribution is -0.117. The summed E-state index contributed by atoms with van der Waals surface area (Å²) < 4.78 is 13.8. The van der Waals surface area contributed by atoms with Crippen LogP contribution in [0, 0.1) is 5.82 Å². The molecular weight excluding hydrogens is 331 g/mol. The van der Waals surface area contributed by atoms with Crippen molar-refractivity contribution in [2.45, 2.75) is 0 Å². The molecule has 3 rings (SSSR count). The molecule has 1 aromatic heterocycles. The molecule has 1 fully saturated rings. The second-order valence-electron chi connectivity index (χ2n) is 5.62. The van der Waals surface area contributed by atoms with Crippen LogP contribution in [0.15, 0.2) is 42.6 Å². The number of piperazine rings is 1. The molecule has 24 heavy (non-hydrogen) atoms. The summed E-state index contributed by atoms with van der Waals surface area (Å²) in [4.78, 5) is 20.2. The Morgan fingerprint density at radius 1 is 1.17 bits per heavy atom. The summed E-state index contributed by atoms with van der Waals surface area (Å²) in [5.74, 6) is 0.149. The molecule has 0 spiro atoms. The molecule has 1 saturated heterocycles. The molecule has 2 aromatic rings. The van der Waals surface area contributed by atoms with E-state index in [1.807, 2.05) is 15.9 Å². The van der Waals surface area contributed by atoms with E-state index in [1.54, 1.807) is 24.3 Å². The largest absolute Gasteiger partial charge is 0.367 e. The van der Waals surface area contributed by atoms with Crippen LogP contribution in [0.25, 0.3) is 0 Å². The Kier molecular flexibility index (Phi) is 5.27. The lowest BCUT2D eigenvalue weighted by atomic mass is 10.2. The Hall–Kier alpha value is -2.18. The van der Waals surface area contributed by atoms with E-state index < -0.39 is 0 Å². The maximum atomic E-state index is 13.8. The SMILES string of the molecule is O=C(CN1CCN(c2ccccc2F)CC1)Nc1ccc(Cl)cn1. The predicted octanol–water partition coefficient (Wildman–Crippen LogP) is 2.63. The first kappa shape index (κ1) is 16.7. The monoisotopic (exact) mass is 348 g/mol. The standard InChI is InChI=1S/C17H18ClFN4O/c18-13-5-6-16(20-11-13)21-17(24)12-22-7-9-23(10-8-22)15-4-2-1-3-14(15)19/h1-6,11H,7-10,12H2,(H,20,21,24). The molecule has 7 heteroatoms. The van der Waals surface area contributed by atoms with E-state index in [0.29, 0.717) is 42.7 Å². The molecule has 1 aromatic carbocycles. The molecule has 1 amide bonds. The Labute approximate surface area is 145 Å². The quantitative estimate of drug-likeness (QED) is 0.922. The third kappa shape index (κ3) is 4.21. The van der Waals surface area contributed by atoms with E-state index >= 15 is 0 Å². The van der Waals surface area contributed by atoms with Gasteiger partial charge in [0.25, 0.3) is 0 Å². The first-order valence-corrected chi connectivity index (χ1v) is 8.13. The molecule has 0 saturated carbocycles. The second kappa shape index (κ2) is 7.59. The van der Waals surface area contributed by atoms with E-state index in [9.17, 15) is 9.18 Å². The predicted molar refractivity (Wildman–Crippen MR) is 92.9 cm³/mol. The van der Waals surface area contributed by atoms with Gasteiger partial charge in [0.05, 0.1) is 17.3 Å². The van der Waals surface area contributed by atoms with Crippen LogP contribution in [0.4, 0.5) is 15.9 Å². The van der Waals surface area contributed by atoms with Gasteiger partial charge in [-0.1, -0.05) is 23.7 Å². The van der Waals surface area contributed by atoms with Crippen molar-refractivity contribution in [1.29, 1.82) is 0 Å². The number of halogens is 2. The number of amides is 1. The van der Waals surface area contributed by atoms with Gasteiger partial charge in [0, 0.05) is 32.4 Å².